The Kier molecular flexibility index (Phi) is 3.49. The highest BCUT2D eigenvalue weighted by Gasteiger charge is 2.31. The first-order valence-electron chi connectivity index (χ1n) is 3.56. The minimum atomic E-state index is -4.55. The first-order chi connectivity index (χ1) is 6.95. The number of hydrogen-bond donors (Lipinski definition) is 0. The first-order valence-corrected chi connectivity index (χ1v) is 4.33. The third-order valence-electron chi connectivity index (χ3n) is 1.44. The summed E-state index contributed by atoms with van der Waals surface area (Å²) < 4.78 is 52.4. The van der Waals surface area contributed by atoms with E-state index in [0.29, 0.717) is 30.1 Å². The van der Waals surface area contributed by atoms with Crippen molar-refractivity contribution in [2.24, 2.45) is 4.40 Å². The van der Waals surface area contributed by atoms with Crippen LogP contribution in [0.5, 0.6) is 0 Å². The van der Waals surface area contributed by atoms with Crippen molar-refractivity contribution < 1.29 is 22.4 Å². The van der Waals surface area contributed by atoms with Gasteiger partial charge in [0.1, 0.15) is 5.82 Å². The molecule has 2 nitrogen and oxygen atoms in total. The van der Waals surface area contributed by atoms with Crippen LogP contribution in [0.15, 0.2) is 27.5 Å². The van der Waals surface area contributed by atoms with E-state index < -0.39 is 17.6 Å². The molecule has 0 amide bonds. The summed E-state index contributed by atoms with van der Waals surface area (Å²) in [7, 11) is 0. The molecular weight excluding hydrogens is 234 g/mol. The summed E-state index contributed by atoms with van der Waals surface area (Å²) >= 11 is 0.304. The SMILES string of the molecule is O=C=NSc1cc(C(F)(F)F)ccc1F. The maximum atomic E-state index is 12.9. The lowest BCUT2D eigenvalue weighted by molar-refractivity contribution is -0.137. The zero-order chi connectivity index (χ0) is 11.5. The summed E-state index contributed by atoms with van der Waals surface area (Å²) in [5.41, 5.74) is -0.993. The summed E-state index contributed by atoms with van der Waals surface area (Å²) in [6, 6.07) is 1.87. The van der Waals surface area contributed by atoms with Crippen LogP contribution in [-0.4, -0.2) is 6.08 Å². The molecule has 7 heteroatoms. The molecule has 0 N–H and O–H groups in total. The third-order valence-corrected chi connectivity index (χ3v) is 2.12. The van der Waals surface area contributed by atoms with Gasteiger partial charge in [0.05, 0.1) is 10.5 Å². The molecule has 80 valence electrons. The van der Waals surface area contributed by atoms with E-state index in [1.807, 2.05) is 0 Å². The van der Waals surface area contributed by atoms with Gasteiger partial charge in [-0.3, -0.25) is 0 Å². The van der Waals surface area contributed by atoms with Gasteiger partial charge in [-0.25, -0.2) is 9.18 Å². The number of alkyl halides is 3. The zero-order valence-corrected chi connectivity index (χ0v) is 7.82. The Morgan fingerprint density at radius 1 is 1.33 bits per heavy atom. The molecule has 1 rings (SSSR count). The summed E-state index contributed by atoms with van der Waals surface area (Å²) in [6.07, 6.45) is -3.46. The van der Waals surface area contributed by atoms with Gasteiger partial charge in [0.15, 0.2) is 0 Å². The lowest BCUT2D eigenvalue weighted by Gasteiger charge is -2.07. The number of hydrogen-bond acceptors (Lipinski definition) is 3. The van der Waals surface area contributed by atoms with Crippen molar-refractivity contribution in [2.45, 2.75) is 11.1 Å². The molecule has 0 saturated heterocycles. The van der Waals surface area contributed by atoms with Crippen LogP contribution in [-0.2, 0) is 11.0 Å². The van der Waals surface area contributed by atoms with E-state index in [1.165, 1.54) is 0 Å². The van der Waals surface area contributed by atoms with Crippen LogP contribution in [0.1, 0.15) is 5.56 Å². The van der Waals surface area contributed by atoms with Gasteiger partial charge in [0.2, 0.25) is 6.08 Å². The average Bonchev–Trinajstić information content (AvgIpc) is 2.15. The van der Waals surface area contributed by atoms with Crippen LogP contribution in [0.2, 0.25) is 0 Å². The van der Waals surface area contributed by atoms with Crippen molar-refractivity contribution in [1.82, 2.24) is 0 Å². The fraction of sp³-hybridized carbons (Fsp3) is 0.125. The van der Waals surface area contributed by atoms with Gasteiger partial charge in [-0.05, 0) is 18.2 Å². The van der Waals surface area contributed by atoms with Crippen molar-refractivity contribution >= 4 is 18.0 Å². The molecule has 0 aliphatic rings. The van der Waals surface area contributed by atoms with Crippen molar-refractivity contribution in [3.05, 3.63) is 29.6 Å². The number of halogens is 4. The van der Waals surface area contributed by atoms with E-state index in [0.717, 1.165) is 6.08 Å². The van der Waals surface area contributed by atoms with E-state index >= 15 is 0 Å². The van der Waals surface area contributed by atoms with Gasteiger partial charge in [0, 0.05) is 11.9 Å². The summed E-state index contributed by atoms with van der Waals surface area (Å²) in [6.45, 7) is 0. The second-order valence-electron chi connectivity index (χ2n) is 2.42. The highest BCUT2D eigenvalue weighted by Crippen LogP contribution is 2.33. The number of carbonyl (C=O) groups excluding carboxylic acids is 1. The van der Waals surface area contributed by atoms with E-state index in [9.17, 15) is 22.4 Å². The summed E-state index contributed by atoms with van der Waals surface area (Å²) in [4.78, 5) is 9.35. The Bertz CT molecular complexity index is 412. The summed E-state index contributed by atoms with van der Waals surface area (Å²) in [5.74, 6) is -0.869. The number of nitrogens with zero attached hydrogens (tertiary/aromatic N) is 1. The molecule has 0 bridgehead atoms. The zero-order valence-electron chi connectivity index (χ0n) is 7.01. The van der Waals surface area contributed by atoms with Crippen molar-refractivity contribution in [3.8, 4) is 0 Å². The van der Waals surface area contributed by atoms with Gasteiger partial charge in [-0.2, -0.15) is 13.2 Å². The molecule has 1 aromatic rings. The van der Waals surface area contributed by atoms with E-state index in [4.69, 9.17) is 0 Å². The Balaban J connectivity index is 3.10. The van der Waals surface area contributed by atoms with Crippen molar-refractivity contribution in [2.75, 3.05) is 0 Å². The molecular formula is C8H3F4NOS. The Labute approximate surface area is 86.1 Å². The minimum Gasteiger partial charge on any atom is -0.210 e. The van der Waals surface area contributed by atoms with Crippen LogP contribution < -0.4 is 0 Å². The molecule has 0 aliphatic carbocycles. The quantitative estimate of drug-likeness (QED) is 0.342. The van der Waals surface area contributed by atoms with Gasteiger partial charge >= 0.3 is 6.18 Å². The molecule has 0 atom stereocenters. The predicted molar refractivity (Wildman–Crippen MR) is 45.4 cm³/mol. The first kappa shape index (κ1) is 11.7. The van der Waals surface area contributed by atoms with Gasteiger partial charge in [0.25, 0.3) is 0 Å². The number of isocyanates is 1. The second-order valence-corrected chi connectivity index (χ2v) is 3.22. The van der Waals surface area contributed by atoms with Crippen LogP contribution in [0.25, 0.3) is 0 Å². The molecule has 0 aliphatic heterocycles. The van der Waals surface area contributed by atoms with E-state index in [2.05, 4.69) is 4.40 Å². The highest BCUT2D eigenvalue weighted by atomic mass is 32.2. The number of rotatable bonds is 2. The Morgan fingerprint density at radius 3 is 2.53 bits per heavy atom. The average molecular weight is 237 g/mol. The largest absolute Gasteiger partial charge is 0.416 e. The minimum absolute atomic E-state index is 0.304. The van der Waals surface area contributed by atoms with Crippen molar-refractivity contribution in [3.63, 3.8) is 0 Å². The molecule has 0 saturated carbocycles. The number of benzene rings is 1. The maximum absolute atomic E-state index is 12.9. The lowest BCUT2D eigenvalue weighted by Crippen LogP contribution is -2.05. The fourth-order valence-corrected chi connectivity index (χ4v) is 1.29. The second kappa shape index (κ2) is 4.46. The van der Waals surface area contributed by atoms with Crippen LogP contribution >= 0.6 is 11.9 Å². The molecule has 0 spiro atoms. The van der Waals surface area contributed by atoms with Gasteiger partial charge in [-0.1, -0.05) is 0 Å². The maximum Gasteiger partial charge on any atom is 0.416 e. The monoisotopic (exact) mass is 237 g/mol. The predicted octanol–water partition coefficient (Wildman–Crippen LogP) is 3.19. The fourth-order valence-electron chi connectivity index (χ4n) is 0.817. The Morgan fingerprint density at radius 2 is 2.00 bits per heavy atom. The smallest absolute Gasteiger partial charge is 0.210 e. The van der Waals surface area contributed by atoms with Gasteiger partial charge < -0.3 is 0 Å². The van der Waals surface area contributed by atoms with Gasteiger partial charge in [-0.15, -0.1) is 4.40 Å². The Hall–Kier alpha value is -1.33. The van der Waals surface area contributed by atoms with Crippen LogP contribution in [0.4, 0.5) is 17.6 Å². The van der Waals surface area contributed by atoms with Crippen LogP contribution in [0, 0.1) is 5.82 Å². The van der Waals surface area contributed by atoms with Crippen LogP contribution in [0.3, 0.4) is 0 Å². The molecule has 0 fully saturated rings. The molecule has 0 aromatic heterocycles. The normalized spacial score (nSPS) is 10.9. The van der Waals surface area contributed by atoms with E-state index in [-0.39, 0.29) is 4.90 Å². The standard InChI is InChI=1S/C8H3F4NOS/c9-6-2-1-5(8(10,11)12)3-7(6)15-13-4-14/h1-3H. The lowest BCUT2D eigenvalue weighted by atomic mass is 10.2. The topological polar surface area (TPSA) is 29.4 Å². The highest BCUT2D eigenvalue weighted by molar-refractivity contribution is 7.98. The molecule has 1 aromatic carbocycles. The van der Waals surface area contributed by atoms with Crippen molar-refractivity contribution in [1.29, 1.82) is 0 Å². The van der Waals surface area contributed by atoms with E-state index in [1.54, 1.807) is 0 Å². The molecule has 15 heavy (non-hydrogen) atoms. The molecule has 0 unspecified atom stereocenters. The third kappa shape index (κ3) is 3.07. The summed E-state index contributed by atoms with van der Waals surface area (Å²) in [5, 5.41) is 0. The molecule has 0 heterocycles. The molecule has 0 radical (unpaired) electrons.